The van der Waals surface area contributed by atoms with E-state index in [1.54, 1.807) is 0 Å². The highest BCUT2D eigenvalue weighted by molar-refractivity contribution is 5.31. The van der Waals surface area contributed by atoms with Gasteiger partial charge in [0.15, 0.2) is 0 Å². The van der Waals surface area contributed by atoms with Gasteiger partial charge in [0.1, 0.15) is 0 Å². The summed E-state index contributed by atoms with van der Waals surface area (Å²) in [4.78, 5) is 2.13. The quantitative estimate of drug-likeness (QED) is 0.809. The highest BCUT2D eigenvalue weighted by Gasteiger charge is 2.16. The molecule has 0 aliphatic heterocycles. The standard InChI is InChI=1S/C15H26N2O/c1-11-6-7-14(10-12(11)2)15(18)13(3)16-8-9-17(4)5/h6-7,10,13,15-16,18H,8-9H2,1-5H3. The smallest absolute Gasteiger partial charge is 0.0940 e. The van der Waals surface area contributed by atoms with Crippen LogP contribution in [0.1, 0.15) is 29.7 Å². The lowest BCUT2D eigenvalue weighted by Crippen LogP contribution is -2.36. The number of aliphatic hydroxyl groups excluding tert-OH is 1. The van der Waals surface area contributed by atoms with Gasteiger partial charge in [-0.05, 0) is 51.6 Å². The van der Waals surface area contributed by atoms with E-state index < -0.39 is 6.10 Å². The number of aryl methyl sites for hydroxylation is 2. The van der Waals surface area contributed by atoms with Gasteiger partial charge in [0.25, 0.3) is 0 Å². The minimum absolute atomic E-state index is 0.0621. The third kappa shape index (κ3) is 4.41. The third-order valence-corrected chi connectivity index (χ3v) is 3.37. The fraction of sp³-hybridized carbons (Fsp3) is 0.600. The summed E-state index contributed by atoms with van der Waals surface area (Å²) in [5.74, 6) is 0. The minimum Gasteiger partial charge on any atom is -0.387 e. The second kappa shape index (κ2) is 6.88. The van der Waals surface area contributed by atoms with Crippen LogP contribution in [0, 0.1) is 13.8 Å². The Bertz CT molecular complexity index is 377. The summed E-state index contributed by atoms with van der Waals surface area (Å²) in [5.41, 5.74) is 3.48. The van der Waals surface area contributed by atoms with Crippen LogP contribution in [-0.2, 0) is 0 Å². The van der Waals surface area contributed by atoms with Crippen LogP contribution in [0.25, 0.3) is 0 Å². The zero-order valence-corrected chi connectivity index (χ0v) is 12.2. The molecule has 0 radical (unpaired) electrons. The van der Waals surface area contributed by atoms with Gasteiger partial charge in [-0.1, -0.05) is 18.2 Å². The van der Waals surface area contributed by atoms with E-state index in [-0.39, 0.29) is 6.04 Å². The largest absolute Gasteiger partial charge is 0.387 e. The molecule has 0 saturated carbocycles. The van der Waals surface area contributed by atoms with Gasteiger partial charge in [-0.15, -0.1) is 0 Å². The highest BCUT2D eigenvalue weighted by atomic mass is 16.3. The molecule has 2 N–H and O–H groups in total. The van der Waals surface area contributed by atoms with Crippen molar-refractivity contribution in [3.63, 3.8) is 0 Å². The lowest BCUT2D eigenvalue weighted by atomic mass is 9.99. The molecule has 18 heavy (non-hydrogen) atoms. The molecule has 102 valence electrons. The molecule has 2 unspecified atom stereocenters. The Morgan fingerprint density at radius 3 is 2.44 bits per heavy atom. The maximum atomic E-state index is 10.3. The monoisotopic (exact) mass is 250 g/mol. The maximum absolute atomic E-state index is 10.3. The molecule has 0 heterocycles. The van der Waals surface area contributed by atoms with E-state index in [1.165, 1.54) is 11.1 Å². The zero-order valence-electron chi connectivity index (χ0n) is 12.2. The van der Waals surface area contributed by atoms with Crippen LogP contribution in [0.3, 0.4) is 0 Å². The number of likely N-dealkylation sites (N-methyl/N-ethyl adjacent to an activating group) is 1. The van der Waals surface area contributed by atoms with Crippen molar-refractivity contribution in [1.82, 2.24) is 10.2 Å². The van der Waals surface area contributed by atoms with Crippen LogP contribution in [0.15, 0.2) is 18.2 Å². The molecule has 1 aromatic rings. The molecule has 2 atom stereocenters. The molecule has 0 aliphatic carbocycles. The molecule has 1 aromatic carbocycles. The Morgan fingerprint density at radius 1 is 1.22 bits per heavy atom. The molecule has 0 fully saturated rings. The van der Waals surface area contributed by atoms with Crippen molar-refractivity contribution in [1.29, 1.82) is 0 Å². The molecular formula is C15H26N2O. The first-order valence-corrected chi connectivity index (χ1v) is 6.55. The van der Waals surface area contributed by atoms with Crippen LogP contribution in [0.4, 0.5) is 0 Å². The van der Waals surface area contributed by atoms with Crippen molar-refractivity contribution >= 4 is 0 Å². The summed E-state index contributed by atoms with van der Waals surface area (Å²) in [7, 11) is 4.10. The Balaban J connectivity index is 2.56. The molecule has 0 saturated heterocycles. The molecular weight excluding hydrogens is 224 g/mol. The Kier molecular flexibility index (Phi) is 5.79. The number of nitrogens with zero attached hydrogens (tertiary/aromatic N) is 1. The van der Waals surface area contributed by atoms with Crippen molar-refractivity contribution in [2.75, 3.05) is 27.2 Å². The van der Waals surface area contributed by atoms with Crippen LogP contribution >= 0.6 is 0 Å². The van der Waals surface area contributed by atoms with Gasteiger partial charge in [0.05, 0.1) is 6.10 Å². The molecule has 0 aromatic heterocycles. The topological polar surface area (TPSA) is 35.5 Å². The van der Waals surface area contributed by atoms with Gasteiger partial charge >= 0.3 is 0 Å². The Labute approximate surface area is 111 Å². The van der Waals surface area contributed by atoms with Gasteiger partial charge in [-0.3, -0.25) is 0 Å². The predicted octanol–water partition coefficient (Wildman–Crippen LogP) is 1.88. The average molecular weight is 250 g/mol. The second-order valence-electron chi connectivity index (χ2n) is 5.33. The molecule has 0 amide bonds. The van der Waals surface area contributed by atoms with Crippen LogP contribution in [0.5, 0.6) is 0 Å². The maximum Gasteiger partial charge on any atom is 0.0940 e. The SMILES string of the molecule is Cc1ccc(C(O)C(C)NCCN(C)C)cc1C. The number of rotatable bonds is 6. The van der Waals surface area contributed by atoms with E-state index in [2.05, 4.69) is 36.2 Å². The first-order valence-electron chi connectivity index (χ1n) is 6.55. The van der Waals surface area contributed by atoms with Gasteiger partial charge < -0.3 is 15.3 Å². The summed E-state index contributed by atoms with van der Waals surface area (Å²) in [6.07, 6.45) is -0.452. The summed E-state index contributed by atoms with van der Waals surface area (Å²) >= 11 is 0. The predicted molar refractivity (Wildman–Crippen MR) is 76.9 cm³/mol. The fourth-order valence-corrected chi connectivity index (χ4v) is 1.86. The molecule has 0 bridgehead atoms. The van der Waals surface area contributed by atoms with E-state index >= 15 is 0 Å². The summed E-state index contributed by atoms with van der Waals surface area (Å²) in [6.45, 7) is 8.05. The molecule has 0 aliphatic rings. The molecule has 0 spiro atoms. The van der Waals surface area contributed by atoms with Gasteiger partial charge in [-0.2, -0.15) is 0 Å². The lowest BCUT2D eigenvalue weighted by Gasteiger charge is -2.22. The molecule has 1 rings (SSSR count). The minimum atomic E-state index is -0.452. The van der Waals surface area contributed by atoms with E-state index in [1.807, 2.05) is 27.1 Å². The highest BCUT2D eigenvalue weighted by Crippen LogP contribution is 2.19. The number of nitrogens with one attached hydrogen (secondary N) is 1. The first kappa shape index (κ1) is 15.2. The summed E-state index contributed by atoms with van der Waals surface area (Å²) < 4.78 is 0. The third-order valence-electron chi connectivity index (χ3n) is 3.37. The normalized spacial score (nSPS) is 14.8. The van der Waals surface area contributed by atoms with E-state index in [0.29, 0.717) is 0 Å². The van der Waals surface area contributed by atoms with E-state index in [4.69, 9.17) is 0 Å². The number of hydrogen-bond acceptors (Lipinski definition) is 3. The van der Waals surface area contributed by atoms with Crippen molar-refractivity contribution in [2.45, 2.75) is 32.9 Å². The van der Waals surface area contributed by atoms with Crippen LogP contribution in [-0.4, -0.2) is 43.2 Å². The Morgan fingerprint density at radius 2 is 1.89 bits per heavy atom. The van der Waals surface area contributed by atoms with Gasteiger partial charge in [-0.25, -0.2) is 0 Å². The fourth-order valence-electron chi connectivity index (χ4n) is 1.86. The second-order valence-corrected chi connectivity index (χ2v) is 5.33. The van der Waals surface area contributed by atoms with Crippen LogP contribution in [0.2, 0.25) is 0 Å². The van der Waals surface area contributed by atoms with Crippen molar-refractivity contribution in [3.8, 4) is 0 Å². The lowest BCUT2D eigenvalue weighted by molar-refractivity contribution is 0.135. The molecule has 3 nitrogen and oxygen atoms in total. The van der Waals surface area contributed by atoms with Crippen molar-refractivity contribution in [2.24, 2.45) is 0 Å². The van der Waals surface area contributed by atoms with E-state index in [0.717, 1.165) is 18.7 Å². The van der Waals surface area contributed by atoms with Crippen molar-refractivity contribution in [3.05, 3.63) is 34.9 Å². The zero-order chi connectivity index (χ0) is 13.7. The van der Waals surface area contributed by atoms with E-state index in [9.17, 15) is 5.11 Å². The average Bonchev–Trinajstić information content (AvgIpc) is 2.31. The van der Waals surface area contributed by atoms with Gasteiger partial charge in [0.2, 0.25) is 0 Å². The number of aliphatic hydroxyl groups is 1. The van der Waals surface area contributed by atoms with Crippen molar-refractivity contribution < 1.29 is 5.11 Å². The summed E-state index contributed by atoms with van der Waals surface area (Å²) in [5, 5.41) is 13.6. The first-order chi connectivity index (χ1) is 8.41. The molecule has 3 heteroatoms. The van der Waals surface area contributed by atoms with Gasteiger partial charge in [0, 0.05) is 19.1 Å². The number of hydrogen-bond donors (Lipinski definition) is 2. The summed E-state index contributed by atoms with van der Waals surface area (Å²) in [6, 6.07) is 6.22. The van der Waals surface area contributed by atoms with Crippen LogP contribution < -0.4 is 5.32 Å². The number of benzene rings is 1. The Hall–Kier alpha value is -0.900.